The van der Waals surface area contributed by atoms with E-state index in [0.29, 0.717) is 5.69 Å². The van der Waals surface area contributed by atoms with Crippen LogP contribution in [0.2, 0.25) is 0 Å². The molecule has 1 rings (SSSR count). The van der Waals surface area contributed by atoms with Gasteiger partial charge in [0.1, 0.15) is 5.60 Å². The molecule has 15 heavy (non-hydrogen) atoms. The summed E-state index contributed by atoms with van der Waals surface area (Å²) in [5.41, 5.74) is -0.640. The van der Waals surface area contributed by atoms with Crippen LogP contribution in [0.15, 0.2) is 18.3 Å². The van der Waals surface area contributed by atoms with E-state index in [4.69, 9.17) is 0 Å². The topological polar surface area (TPSA) is 33.1 Å². The Morgan fingerprint density at radius 1 is 1.33 bits per heavy atom. The minimum atomic E-state index is -4.83. The third-order valence-corrected chi connectivity index (χ3v) is 1.92. The quantitative estimate of drug-likeness (QED) is 0.789. The Kier molecular flexibility index (Phi) is 3.09. The molecule has 1 heterocycles. The molecule has 1 aromatic heterocycles. The molecule has 0 atom stereocenters. The lowest BCUT2D eigenvalue weighted by Crippen LogP contribution is -2.21. The average molecular weight is 218 g/mol. The zero-order valence-corrected chi connectivity index (χ0v) is 8.54. The molecule has 1 aromatic rings. The summed E-state index contributed by atoms with van der Waals surface area (Å²) < 4.78 is 36.2. The summed E-state index contributed by atoms with van der Waals surface area (Å²) in [6, 6.07) is 2.76. The fourth-order valence-corrected chi connectivity index (χ4v) is 1.17. The predicted octanol–water partition coefficient (Wildman–Crippen LogP) is 2.24. The highest BCUT2D eigenvalue weighted by molar-refractivity contribution is 6.57. The molecule has 0 aliphatic rings. The lowest BCUT2D eigenvalue weighted by atomic mass is 9.82. The maximum absolute atomic E-state index is 12.1. The van der Waals surface area contributed by atoms with Crippen LogP contribution in [0.25, 0.3) is 0 Å². The van der Waals surface area contributed by atoms with Gasteiger partial charge in [0.05, 0.1) is 5.69 Å². The van der Waals surface area contributed by atoms with Gasteiger partial charge in [0.25, 0.3) is 0 Å². The van der Waals surface area contributed by atoms with Crippen molar-refractivity contribution in [1.82, 2.24) is 4.98 Å². The first-order chi connectivity index (χ1) is 6.68. The Morgan fingerprint density at radius 3 is 2.27 bits per heavy atom. The molecule has 1 N–H and O–H groups in total. The van der Waals surface area contributed by atoms with Crippen molar-refractivity contribution in [1.29, 1.82) is 0 Å². The lowest BCUT2D eigenvalue weighted by molar-refractivity contribution is 0.0738. The maximum atomic E-state index is 12.1. The van der Waals surface area contributed by atoms with Crippen molar-refractivity contribution in [2.45, 2.75) is 25.8 Å². The van der Waals surface area contributed by atoms with E-state index in [1.807, 2.05) is 0 Å². The van der Waals surface area contributed by atoms with E-state index in [9.17, 15) is 18.1 Å². The first-order valence-corrected chi connectivity index (χ1v) is 4.57. The molecular formula is C9H12BF3NO-. The van der Waals surface area contributed by atoms with Crippen LogP contribution in [0.3, 0.4) is 0 Å². The van der Waals surface area contributed by atoms with E-state index in [0.717, 1.165) is 6.20 Å². The van der Waals surface area contributed by atoms with Crippen LogP contribution < -0.4 is 0 Å². The number of aromatic nitrogens is 1. The Labute approximate surface area is 86.2 Å². The van der Waals surface area contributed by atoms with Crippen LogP contribution >= 0.6 is 0 Å². The third-order valence-electron chi connectivity index (χ3n) is 1.92. The van der Waals surface area contributed by atoms with Gasteiger partial charge in [-0.25, -0.2) is 0 Å². The summed E-state index contributed by atoms with van der Waals surface area (Å²) >= 11 is 0. The van der Waals surface area contributed by atoms with Crippen molar-refractivity contribution < 1.29 is 18.1 Å². The lowest BCUT2D eigenvalue weighted by Gasteiger charge is -2.18. The standard InChI is InChI=1S/C9H12BF3NO/c1-9(2,15)8-4-3-7(6-14-8)5-10(11,12)13/h3-4,6,15H,5H2,1-2H3/q-1. The highest BCUT2D eigenvalue weighted by Gasteiger charge is 2.24. The summed E-state index contributed by atoms with van der Waals surface area (Å²) in [4.78, 5) is 3.79. The monoisotopic (exact) mass is 218 g/mol. The minimum Gasteiger partial charge on any atom is -0.449 e. The van der Waals surface area contributed by atoms with Crippen LogP contribution in [0.1, 0.15) is 25.1 Å². The van der Waals surface area contributed by atoms with Crippen LogP contribution in [-0.2, 0) is 11.9 Å². The van der Waals surface area contributed by atoms with Gasteiger partial charge in [0.15, 0.2) is 0 Å². The Morgan fingerprint density at radius 2 is 1.93 bits per heavy atom. The first kappa shape index (κ1) is 12.0. The van der Waals surface area contributed by atoms with Crippen LogP contribution in [-0.4, -0.2) is 17.1 Å². The summed E-state index contributed by atoms with van der Waals surface area (Å²) in [7, 11) is 0. The summed E-state index contributed by atoms with van der Waals surface area (Å²) in [6.07, 6.45) is 0.224. The van der Waals surface area contributed by atoms with Crippen LogP contribution in [0.4, 0.5) is 12.9 Å². The largest absolute Gasteiger partial charge is 0.482 e. The molecular weight excluding hydrogens is 206 g/mol. The zero-order valence-electron chi connectivity index (χ0n) is 8.54. The van der Waals surface area contributed by atoms with Crippen molar-refractivity contribution in [3.63, 3.8) is 0 Å². The van der Waals surface area contributed by atoms with Crippen molar-refractivity contribution in [3.8, 4) is 0 Å². The second kappa shape index (κ2) is 3.85. The number of pyridine rings is 1. The first-order valence-electron chi connectivity index (χ1n) is 4.57. The van der Waals surface area contributed by atoms with Gasteiger partial charge in [-0.1, -0.05) is 17.9 Å². The number of halogens is 3. The molecule has 6 heteroatoms. The van der Waals surface area contributed by atoms with E-state index >= 15 is 0 Å². The molecule has 0 unspecified atom stereocenters. The summed E-state index contributed by atoms with van der Waals surface area (Å²) in [6.45, 7) is -1.77. The number of aliphatic hydroxyl groups is 1. The van der Waals surface area contributed by atoms with Gasteiger partial charge in [-0.15, -0.1) is 0 Å². The second-order valence-corrected chi connectivity index (χ2v) is 4.03. The molecule has 0 radical (unpaired) electrons. The number of rotatable bonds is 3. The third kappa shape index (κ3) is 3.91. The fraction of sp³-hybridized carbons (Fsp3) is 0.444. The minimum absolute atomic E-state index is 0.121. The van der Waals surface area contributed by atoms with Crippen molar-refractivity contribution >= 4 is 6.98 Å². The predicted molar refractivity (Wildman–Crippen MR) is 52.3 cm³/mol. The smallest absolute Gasteiger partial charge is 0.449 e. The van der Waals surface area contributed by atoms with E-state index < -0.39 is 18.9 Å². The van der Waals surface area contributed by atoms with Gasteiger partial charge in [0, 0.05) is 6.20 Å². The molecule has 0 amide bonds. The highest BCUT2D eigenvalue weighted by Crippen LogP contribution is 2.19. The van der Waals surface area contributed by atoms with Gasteiger partial charge in [0.2, 0.25) is 0 Å². The maximum Gasteiger partial charge on any atom is 0.482 e. The zero-order chi connectivity index (χ0) is 11.7. The van der Waals surface area contributed by atoms with E-state index in [-0.39, 0.29) is 5.56 Å². The fourth-order valence-electron chi connectivity index (χ4n) is 1.17. The Hall–Kier alpha value is -1.04. The van der Waals surface area contributed by atoms with Gasteiger partial charge in [-0.05, 0) is 19.9 Å². The molecule has 0 fully saturated rings. The van der Waals surface area contributed by atoms with Crippen molar-refractivity contribution in [2.24, 2.45) is 0 Å². The Bertz CT molecular complexity index is 329. The molecule has 0 aliphatic heterocycles. The van der Waals surface area contributed by atoms with E-state index in [1.165, 1.54) is 26.0 Å². The Balaban J connectivity index is 2.82. The molecule has 0 spiro atoms. The number of nitrogens with zero attached hydrogens (tertiary/aromatic N) is 1. The number of hydrogen-bond acceptors (Lipinski definition) is 2. The molecule has 84 valence electrons. The number of hydrogen-bond donors (Lipinski definition) is 1. The van der Waals surface area contributed by atoms with Gasteiger partial charge >= 0.3 is 6.98 Å². The van der Waals surface area contributed by atoms with Crippen molar-refractivity contribution in [3.05, 3.63) is 29.6 Å². The molecule has 0 saturated carbocycles. The van der Waals surface area contributed by atoms with Crippen molar-refractivity contribution in [2.75, 3.05) is 0 Å². The van der Waals surface area contributed by atoms with Gasteiger partial charge in [-0.3, -0.25) is 4.98 Å². The summed E-state index contributed by atoms with van der Waals surface area (Å²) in [5, 5.41) is 9.53. The van der Waals surface area contributed by atoms with Gasteiger partial charge in [-0.2, -0.15) is 0 Å². The second-order valence-electron chi connectivity index (χ2n) is 4.03. The van der Waals surface area contributed by atoms with Gasteiger partial charge < -0.3 is 18.1 Å². The highest BCUT2D eigenvalue weighted by atomic mass is 19.4. The van der Waals surface area contributed by atoms with Crippen LogP contribution in [0, 0.1) is 0 Å². The normalized spacial score (nSPS) is 12.9. The molecule has 0 saturated heterocycles. The molecule has 0 aliphatic carbocycles. The average Bonchev–Trinajstić information content (AvgIpc) is 2.00. The summed E-state index contributed by atoms with van der Waals surface area (Å²) in [5.74, 6) is 0. The SMILES string of the molecule is CC(C)(O)c1ccc(C[B-](F)(F)F)cn1. The van der Waals surface area contributed by atoms with E-state index in [1.54, 1.807) is 0 Å². The molecule has 0 bridgehead atoms. The molecule has 2 nitrogen and oxygen atoms in total. The molecule has 0 aromatic carbocycles. The van der Waals surface area contributed by atoms with Crippen LogP contribution in [0.5, 0.6) is 0 Å². The van der Waals surface area contributed by atoms with E-state index in [2.05, 4.69) is 4.98 Å².